The SMILES string of the molecule is CC(O)Cc1cccc(-c2ccc(C(F)(F)F)cc2NC(=O)Nc2cnc(Oc3ccc(-c4cc(C(F)(F)F)cnc4N)cc3)nc2)c1. The van der Waals surface area contributed by atoms with Crippen LogP contribution in [0.25, 0.3) is 22.3 Å². The Morgan fingerprint density at radius 3 is 2.15 bits per heavy atom. The Bertz CT molecular complexity index is 1910. The molecule has 0 saturated heterocycles. The molecule has 2 heterocycles. The third-order valence-corrected chi connectivity index (χ3v) is 6.87. The van der Waals surface area contributed by atoms with Crippen LogP contribution >= 0.6 is 0 Å². The van der Waals surface area contributed by atoms with E-state index in [2.05, 4.69) is 25.6 Å². The molecule has 1 atom stereocenters. The zero-order chi connectivity index (χ0) is 34.6. The number of rotatable bonds is 8. The molecule has 248 valence electrons. The molecule has 0 fully saturated rings. The second-order valence-corrected chi connectivity index (χ2v) is 10.6. The summed E-state index contributed by atoms with van der Waals surface area (Å²) in [5.41, 5.74) is 5.91. The van der Waals surface area contributed by atoms with Crippen LogP contribution in [-0.2, 0) is 18.8 Å². The molecule has 1 unspecified atom stereocenters. The monoisotopic (exact) mass is 668 g/mol. The first-order chi connectivity index (χ1) is 22.7. The Balaban J connectivity index is 1.28. The van der Waals surface area contributed by atoms with Gasteiger partial charge in [0.2, 0.25) is 0 Å². The zero-order valence-electron chi connectivity index (χ0n) is 24.9. The lowest BCUT2D eigenvalue weighted by atomic mass is 9.98. The molecule has 0 saturated carbocycles. The van der Waals surface area contributed by atoms with Crippen LogP contribution in [0.4, 0.5) is 48.3 Å². The van der Waals surface area contributed by atoms with Gasteiger partial charge in [-0.1, -0.05) is 42.5 Å². The highest BCUT2D eigenvalue weighted by Gasteiger charge is 2.32. The van der Waals surface area contributed by atoms with Crippen LogP contribution in [0.1, 0.15) is 23.6 Å². The molecule has 0 aliphatic carbocycles. The second-order valence-electron chi connectivity index (χ2n) is 10.6. The molecule has 0 aliphatic rings. The number of anilines is 3. The predicted molar refractivity (Wildman–Crippen MR) is 166 cm³/mol. The van der Waals surface area contributed by atoms with Gasteiger partial charge >= 0.3 is 24.4 Å². The summed E-state index contributed by atoms with van der Waals surface area (Å²) < 4.78 is 85.5. The van der Waals surface area contributed by atoms with Gasteiger partial charge in [0.25, 0.3) is 0 Å². The van der Waals surface area contributed by atoms with Crippen molar-refractivity contribution in [2.75, 3.05) is 16.4 Å². The molecule has 9 nitrogen and oxygen atoms in total. The number of hydrogen-bond acceptors (Lipinski definition) is 7. The number of aliphatic hydroxyl groups excluding tert-OH is 1. The highest BCUT2D eigenvalue weighted by Crippen LogP contribution is 2.37. The van der Waals surface area contributed by atoms with Crippen molar-refractivity contribution < 1.29 is 41.0 Å². The van der Waals surface area contributed by atoms with Gasteiger partial charge < -0.3 is 26.2 Å². The fourth-order valence-corrected chi connectivity index (χ4v) is 4.67. The summed E-state index contributed by atoms with van der Waals surface area (Å²) >= 11 is 0. The minimum Gasteiger partial charge on any atom is -0.424 e. The summed E-state index contributed by atoms with van der Waals surface area (Å²) in [5, 5.41) is 14.7. The van der Waals surface area contributed by atoms with Crippen molar-refractivity contribution in [2.45, 2.75) is 31.8 Å². The molecular formula is C33H26F6N6O3. The Hall–Kier alpha value is -5.70. The number of benzene rings is 3. The van der Waals surface area contributed by atoms with Gasteiger partial charge in [-0.05, 0) is 60.4 Å². The number of alkyl halides is 6. The first kappa shape index (κ1) is 33.7. The molecule has 48 heavy (non-hydrogen) atoms. The number of amides is 2. The third kappa shape index (κ3) is 8.36. The molecule has 5 aromatic rings. The van der Waals surface area contributed by atoms with Gasteiger partial charge in [-0.15, -0.1) is 0 Å². The van der Waals surface area contributed by atoms with Crippen molar-refractivity contribution in [3.05, 3.63) is 108 Å². The van der Waals surface area contributed by atoms with Crippen LogP contribution in [0.2, 0.25) is 0 Å². The summed E-state index contributed by atoms with van der Waals surface area (Å²) in [4.78, 5) is 24.5. The molecule has 5 N–H and O–H groups in total. The predicted octanol–water partition coefficient (Wildman–Crippen LogP) is 8.19. The molecule has 3 aromatic carbocycles. The van der Waals surface area contributed by atoms with Crippen molar-refractivity contribution in [2.24, 2.45) is 0 Å². The quantitative estimate of drug-likeness (QED) is 0.123. The largest absolute Gasteiger partial charge is 0.424 e. The average molecular weight is 669 g/mol. The summed E-state index contributed by atoms with van der Waals surface area (Å²) in [6.45, 7) is 1.61. The van der Waals surface area contributed by atoms with Gasteiger partial charge in [0, 0.05) is 17.3 Å². The number of nitrogens with one attached hydrogen (secondary N) is 2. The van der Waals surface area contributed by atoms with E-state index >= 15 is 0 Å². The molecular weight excluding hydrogens is 642 g/mol. The average Bonchev–Trinajstić information content (AvgIpc) is 3.01. The van der Waals surface area contributed by atoms with E-state index in [-0.39, 0.29) is 34.5 Å². The van der Waals surface area contributed by atoms with Crippen molar-refractivity contribution >= 4 is 23.2 Å². The number of nitrogen functional groups attached to an aromatic ring is 1. The molecule has 0 radical (unpaired) electrons. The van der Waals surface area contributed by atoms with Gasteiger partial charge in [-0.3, -0.25) is 0 Å². The summed E-state index contributed by atoms with van der Waals surface area (Å²) in [6, 6.07) is 15.7. The minimum atomic E-state index is -4.66. The number of aromatic nitrogens is 3. The van der Waals surface area contributed by atoms with E-state index in [0.29, 0.717) is 29.3 Å². The molecule has 0 spiro atoms. The summed E-state index contributed by atoms with van der Waals surface area (Å²) in [6.07, 6.45) is -6.49. The lowest BCUT2D eigenvalue weighted by Gasteiger charge is -2.16. The van der Waals surface area contributed by atoms with Crippen LogP contribution in [0.15, 0.2) is 91.4 Å². The number of aliphatic hydroxyl groups is 1. The first-order valence-electron chi connectivity index (χ1n) is 14.2. The number of pyridine rings is 1. The highest BCUT2D eigenvalue weighted by atomic mass is 19.4. The van der Waals surface area contributed by atoms with Crippen LogP contribution in [0.3, 0.4) is 0 Å². The number of hydrogen-bond donors (Lipinski definition) is 4. The van der Waals surface area contributed by atoms with Crippen molar-refractivity contribution in [1.82, 2.24) is 15.0 Å². The number of halogens is 6. The molecule has 2 amide bonds. The van der Waals surface area contributed by atoms with Gasteiger partial charge in [-0.25, -0.2) is 19.7 Å². The van der Waals surface area contributed by atoms with Crippen molar-refractivity contribution in [3.8, 4) is 34.0 Å². The number of ether oxygens (including phenoxy) is 1. The Kier molecular flexibility index (Phi) is 9.52. The Morgan fingerprint density at radius 2 is 1.50 bits per heavy atom. The lowest BCUT2D eigenvalue weighted by Crippen LogP contribution is -2.20. The molecule has 2 aromatic heterocycles. The number of urea groups is 1. The fourth-order valence-electron chi connectivity index (χ4n) is 4.67. The number of nitrogens with zero attached hydrogens (tertiary/aromatic N) is 3. The maximum atomic E-state index is 13.5. The van der Waals surface area contributed by atoms with E-state index in [1.807, 2.05) is 0 Å². The normalized spacial score (nSPS) is 12.3. The Morgan fingerprint density at radius 1 is 0.812 bits per heavy atom. The number of carbonyl (C=O) groups excluding carboxylic acids is 1. The van der Waals surface area contributed by atoms with E-state index in [0.717, 1.165) is 23.8 Å². The molecule has 0 bridgehead atoms. The maximum Gasteiger partial charge on any atom is 0.417 e. The van der Waals surface area contributed by atoms with Crippen LogP contribution in [0.5, 0.6) is 11.8 Å². The standard InChI is InChI=1S/C33H26F6N6O3/c1-18(46)11-19-3-2-4-21(12-19)26-10-7-22(32(34,35)36)14-28(26)45-30(47)44-24-16-42-31(43-17-24)48-25-8-5-20(6-9-25)27-13-23(33(37,38)39)15-41-29(27)40/h2-10,12-18,46H,11H2,1H3,(H2,40,41)(H2,44,45,47). The summed E-state index contributed by atoms with van der Waals surface area (Å²) in [7, 11) is 0. The summed E-state index contributed by atoms with van der Waals surface area (Å²) in [5.74, 6) is 0.156. The molecule has 0 aliphatic heterocycles. The first-order valence-corrected chi connectivity index (χ1v) is 14.2. The number of nitrogens with two attached hydrogens (primary N) is 1. The van der Waals surface area contributed by atoms with Crippen LogP contribution in [-0.4, -0.2) is 32.2 Å². The minimum absolute atomic E-state index is 0.0849. The van der Waals surface area contributed by atoms with Gasteiger partial charge in [-0.2, -0.15) is 26.3 Å². The van der Waals surface area contributed by atoms with Crippen LogP contribution < -0.4 is 21.1 Å². The van der Waals surface area contributed by atoms with E-state index in [1.54, 1.807) is 31.2 Å². The van der Waals surface area contributed by atoms with E-state index < -0.39 is 35.6 Å². The van der Waals surface area contributed by atoms with Crippen LogP contribution in [0, 0.1) is 0 Å². The zero-order valence-corrected chi connectivity index (χ0v) is 24.9. The molecule has 15 heteroatoms. The van der Waals surface area contributed by atoms with Gasteiger partial charge in [0.15, 0.2) is 0 Å². The Labute approximate surface area is 269 Å². The van der Waals surface area contributed by atoms with E-state index in [9.17, 15) is 36.2 Å². The third-order valence-electron chi connectivity index (χ3n) is 6.87. The topological polar surface area (TPSA) is 135 Å². The van der Waals surface area contributed by atoms with Crippen molar-refractivity contribution in [3.63, 3.8) is 0 Å². The molecule has 5 rings (SSSR count). The fraction of sp³-hybridized carbons (Fsp3) is 0.152. The smallest absolute Gasteiger partial charge is 0.417 e. The second kappa shape index (κ2) is 13.6. The number of carbonyl (C=O) groups is 1. The highest BCUT2D eigenvalue weighted by molar-refractivity contribution is 6.02. The van der Waals surface area contributed by atoms with Gasteiger partial charge in [0.05, 0.1) is 41.0 Å². The lowest BCUT2D eigenvalue weighted by molar-refractivity contribution is -0.138. The van der Waals surface area contributed by atoms with Crippen molar-refractivity contribution in [1.29, 1.82) is 0 Å². The van der Waals surface area contributed by atoms with Gasteiger partial charge in [0.1, 0.15) is 11.6 Å². The van der Waals surface area contributed by atoms with E-state index in [1.165, 1.54) is 42.7 Å². The van der Waals surface area contributed by atoms with E-state index in [4.69, 9.17) is 10.5 Å². The maximum absolute atomic E-state index is 13.5.